The van der Waals surface area contributed by atoms with Crippen molar-refractivity contribution in [2.45, 2.75) is 64.4 Å². The number of hydrogen-bond acceptors (Lipinski definition) is 7. The van der Waals surface area contributed by atoms with E-state index in [4.69, 9.17) is 14.6 Å². The molecule has 1 aromatic heterocycles. The highest BCUT2D eigenvalue weighted by Crippen LogP contribution is 2.37. The molecule has 0 bridgehead atoms. The molecule has 0 fully saturated rings. The number of ether oxygens (including phenoxy) is 2. The van der Waals surface area contributed by atoms with Gasteiger partial charge in [-0.2, -0.15) is 4.98 Å². The van der Waals surface area contributed by atoms with Crippen molar-refractivity contribution >= 4 is 23.7 Å². The third kappa shape index (κ3) is 6.06. The average molecular weight is 493 g/mol. The van der Waals surface area contributed by atoms with Crippen LogP contribution >= 0.6 is 11.8 Å². The molecule has 2 aromatic carbocycles. The average Bonchev–Trinajstić information content (AvgIpc) is 3.24. The van der Waals surface area contributed by atoms with Crippen LogP contribution in [-0.4, -0.2) is 32.6 Å². The maximum absolute atomic E-state index is 13.1. The predicted molar refractivity (Wildman–Crippen MR) is 139 cm³/mol. The molecule has 1 unspecified atom stereocenters. The van der Waals surface area contributed by atoms with Crippen molar-refractivity contribution < 1.29 is 14.3 Å². The topological polar surface area (TPSA) is 78.3 Å². The monoisotopic (exact) mass is 492 g/mol. The van der Waals surface area contributed by atoms with E-state index in [0.717, 1.165) is 41.2 Å². The number of rotatable bonds is 10. The third-order valence-corrected chi connectivity index (χ3v) is 6.49. The molecular formula is C27H32N4O3S. The van der Waals surface area contributed by atoms with Gasteiger partial charge in [-0.25, -0.2) is 9.48 Å². The number of nitrogens with one attached hydrogen (secondary N) is 1. The van der Waals surface area contributed by atoms with E-state index < -0.39 is 6.04 Å². The number of carbonyl (C=O) groups is 1. The molecule has 0 aliphatic carbocycles. The first-order valence-corrected chi connectivity index (χ1v) is 13.0. The second kappa shape index (κ2) is 11.4. The molecule has 2 heterocycles. The molecule has 1 N–H and O–H groups in total. The van der Waals surface area contributed by atoms with Gasteiger partial charge in [0, 0.05) is 11.4 Å². The summed E-state index contributed by atoms with van der Waals surface area (Å²) in [7, 11) is 0. The Morgan fingerprint density at radius 3 is 2.57 bits per heavy atom. The molecule has 1 atom stereocenters. The number of carbonyl (C=O) groups excluding carboxylic acids is 1. The van der Waals surface area contributed by atoms with E-state index in [1.54, 1.807) is 16.4 Å². The van der Waals surface area contributed by atoms with E-state index in [1.165, 1.54) is 0 Å². The molecule has 7 nitrogen and oxygen atoms in total. The number of anilines is 1. The zero-order valence-corrected chi connectivity index (χ0v) is 21.5. The highest BCUT2D eigenvalue weighted by atomic mass is 32.2. The number of nitrogens with zero attached hydrogens (tertiary/aromatic N) is 3. The van der Waals surface area contributed by atoms with Gasteiger partial charge in [0.25, 0.3) is 0 Å². The highest BCUT2D eigenvalue weighted by molar-refractivity contribution is 7.99. The Hall–Kier alpha value is -3.26. The molecule has 3 aromatic rings. The normalized spacial score (nSPS) is 15.1. The quantitative estimate of drug-likeness (QED) is 0.212. The molecule has 0 saturated heterocycles. The lowest BCUT2D eigenvalue weighted by Crippen LogP contribution is -2.30. The van der Waals surface area contributed by atoms with Gasteiger partial charge in [0.05, 0.1) is 11.7 Å². The Morgan fingerprint density at radius 1 is 1.14 bits per heavy atom. The van der Waals surface area contributed by atoms with E-state index in [9.17, 15) is 4.79 Å². The standard InChI is InChI=1S/C27H32N4O3S/c1-5-6-16-35-27-29-26-28-19(4)23(25(32)34-18(2)3)24(31(26)30-27)21-12-14-22(15-13-21)33-17-20-10-8-7-9-11-20/h7-15,18,24H,5-6,16-17H2,1-4H3,(H,28,29,30). The second-order valence-corrected chi connectivity index (χ2v) is 9.79. The first-order chi connectivity index (χ1) is 17.0. The summed E-state index contributed by atoms with van der Waals surface area (Å²) < 4.78 is 13.3. The van der Waals surface area contributed by atoms with Gasteiger partial charge in [-0.1, -0.05) is 67.6 Å². The molecule has 184 valence electrons. The minimum Gasteiger partial charge on any atom is -0.489 e. The van der Waals surface area contributed by atoms with Gasteiger partial charge >= 0.3 is 5.97 Å². The zero-order chi connectivity index (χ0) is 24.8. The summed E-state index contributed by atoms with van der Waals surface area (Å²) in [6, 6.07) is 17.4. The lowest BCUT2D eigenvalue weighted by molar-refractivity contribution is -0.143. The van der Waals surface area contributed by atoms with Crippen molar-refractivity contribution in [1.29, 1.82) is 0 Å². The lowest BCUT2D eigenvalue weighted by Gasteiger charge is -2.28. The van der Waals surface area contributed by atoms with Crippen LogP contribution in [0.2, 0.25) is 0 Å². The minimum absolute atomic E-state index is 0.227. The number of fused-ring (bicyclic) bond motifs is 1. The number of aromatic nitrogens is 3. The summed E-state index contributed by atoms with van der Waals surface area (Å²) >= 11 is 1.63. The van der Waals surface area contributed by atoms with Gasteiger partial charge in [-0.15, -0.1) is 5.10 Å². The third-order valence-electron chi connectivity index (χ3n) is 5.57. The Labute approximate surface area is 210 Å². The van der Waals surface area contributed by atoms with Gasteiger partial charge in [-0.05, 0) is 50.5 Å². The van der Waals surface area contributed by atoms with Gasteiger partial charge in [0.1, 0.15) is 18.4 Å². The highest BCUT2D eigenvalue weighted by Gasteiger charge is 2.35. The van der Waals surface area contributed by atoms with Gasteiger partial charge in [0.15, 0.2) is 0 Å². The zero-order valence-electron chi connectivity index (χ0n) is 20.7. The van der Waals surface area contributed by atoms with E-state index >= 15 is 0 Å². The lowest BCUT2D eigenvalue weighted by atomic mass is 9.95. The Morgan fingerprint density at radius 2 is 1.89 bits per heavy atom. The Balaban J connectivity index is 1.62. The fraction of sp³-hybridized carbons (Fsp3) is 0.370. The molecule has 0 amide bonds. The number of esters is 1. The van der Waals surface area contributed by atoms with Crippen LogP contribution in [0.15, 0.2) is 71.0 Å². The summed E-state index contributed by atoms with van der Waals surface area (Å²) in [5.74, 6) is 1.97. The van der Waals surface area contributed by atoms with Gasteiger partial charge in [-0.3, -0.25) is 0 Å². The van der Waals surface area contributed by atoms with E-state index in [2.05, 4.69) is 17.2 Å². The smallest absolute Gasteiger partial charge is 0.338 e. The molecule has 0 radical (unpaired) electrons. The number of thioether (sulfide) groups is 1. The second-order valence-electron chi connectivity index (χ2n) is 8.73. The van der Waals surface area contributed by atoms with Crippen LogP contribution in [0.3, 0.4) is 0 Å². The van der Waals surface area contributed by atoms with Crippen LogP contribution in [0.4, 0.5) is 5.95 Å². The van der Waals surface area contributed by atoms with E-state index in [0.29, 0.717) is 23.3 Å². The van der Waals surface area contributed by atoms with Crippen LogP contribution in [0.25, 0.3) is 0 Å². The Bertz CT molecular complexity index is 1170. The molecule has 1 aliphatic heterocycles. The van der Waals surface area contributed by atoms with Crippen LogP contribution in [0, 0.1) is 0 Å². The van der Waals surface area contributed by atoms with Crippen LogP contribution in [0.5, 0.6) is 5.75 Å². The van der Waals surface area contributed by atoms with Crippen molar-refractivity contribution in [3.8, 4) is 5.75 Å². The summed E-state index contributed by atoms with van der Waals surface area (Å²) in [5.41, 5.74) is 3.26. The van der Waals surface area contributed by atoms with Crippen molar-refractivity contribution in [2.75, 3.05) is 11.1 Å². The molecule has 0 spiro atoms. The summed E-state index contributed by atoms with van der Waals surface area (Å²) in [4.78, 5) is 17.8. The van der Waals surface area contributed by atoms with Gasteiger partial charge in [0.2, 0.25) is 11.1 Å². The van der Waals surface area contributed by atoms with Crippen molar-refractivity contribution in [1.82, 2.24) is 14.8 Å². The molecule has 1 aliphatic rings. The van der Waals surface area contributed by atoms with E-state index in [1.807, 2.05) is 75.4 Å². The molecule has 4 rings (SSSR count). The first-order valence-electron chi connectivity index (χ1n) is 12.0. The molecule has 0 saturated carbocycles. The minimum atomic E-state index is -0.450. The van der Waals surface area contributed by atoms with Crippen LogP contribution < -0.4 is 10.1 Å². The maximum Gasteiger partial charge on any atom is 0.338 e. The summed E-state index contributed by atoms with van der Waals surface area (Å²) in [6.07, 6.45) is 1.99. The predicted octanol–water partition coefficient (Wildman–Crippen LogP) is 5.99. The molecule has 8 heteroatoms. The summed E-state index contributed by atoms with van der Waals surface area (Å²) in [6.45, 7) is 8.23. The van der Waals surface area contributed by atoms with Crippen molar-refractivity contribution in [2.24, 2.45) is 0 Å². The van der Waals surface area contributed by atoms with Gasteiger partial charge < -0.3 is 14.8 Å². The fourth-order valence-electron chi connectivity index (χ4n) is 3.84. The number of hydrogen-bond donors (Lipinski definition) is 1. The van der Waals surface area contributed by atoms with Crippen LogP contribution in [-0.2, 0) is 16.1 Å². The number of unbranched alkanes of at least 4 members (excludes halogenated alkanes) is 1. The number of benzene rings is 2. The number of allylic oxidation sites excluding steroid dienone is 1. The first kappa shape index (κ1) is 24.9. The molecular weight excluding hydrogens is 460 g/mol. The molecule has 35 heavy (non-hydrogen) atoms. The maximum atomic E-state index is 13.1. The fourth-order valence-corrected chi connectivity index (χ4v) is 4.75. The van der Waals surface area contributed by atoms with Crippen molar-refractivity contribution in [3.05, 3.63) is 77.0 Å². The van der Waals surface area contributed by atoms with Crippen LogP contribution in [0.1, 0.15) is 57.7 Å². The largest absolute Gasteiger partial charge is 0.489 e. The Kier molecular flexibility index (Phi) is 8.13. The van der Waals surface area contributed by atoms with Crippen molar-refractivity contribution in [3.63, 3.8) is 0 Å². The summed E-state index contributed by atoms with van der Waals surface area (Å²) in [5, 5.41) is 8.71. The van der Waals surface area contributed by atoms with E-state index in [-0.39, 0.29) is 12.1 Å². The SMILES string of the molecule is CCCCSc1nc2n(n1)C(c1ccc(OCc3ccccc3)cc1)C(C(=O)OC(C)C)=C(C)N2.